The molecule has 3 rings (SSSR count). The van der Waals surface area contributed by atoms with Gasteiger partial charge < -0.3 is 10.1 Å². The Hall–Kier alpha value is -2.55. The van der Waals surface area contributed by atoms with Crippen molar-refractivity contribution in [3.8, 4) is 5.75 Å². The molecule has 1 N–H and O–H groups in total. The summed E-state index contributed by atoms with van der Waals surface area (Å²) < 4.78 is 5.49. The third-order valence-corrected chi connectivity index (χ3v) is 4.19. The smallest absolute Gasteiger partial charge is 0.145 e. The van der Waals surface area contributed by atoms with Gasteiger partial charge in [0.25, 0.3) is 0 Å². The van der Waals surface area contributed by atoms with Gasteiger partial charge in [0.05, 0.1) is 12.8 Å². The van der Waals surface area contributed by atoms with E-state index < -0.39 is 0 Å². The summed E-state index contributed by atoms with van der Waals surface area (Å²) in [6, 6.07) is 14.4. The first kappa shape index (κ1) is 16.3. The van der Waals surface area contributed by atoms with Gasteiger partial charge in [-0.3, -0.25) is 4.98 Å². The fraction of sp³-hybridized carbons (Fsp3) is 0.286. The fourth-order valence-corrected chi connectivity index (χ4v) is 2.99. The molecule has 0 bridgehead atoms. The lowest BCUT2D eigenvalue weighted by molar-refractivity contribution is 0.419. The highest BCUT2D eigenvalue weighted by Gasteiger charge is 2.14. The highest BCUT2D eigenvalue weighted by molar-refractivity contribution is 5.97. The van der Waals surface area contributed by atoms with Gasteiger partial charge in [-0.2, -0.15) is 0 Å². The van der Waals surface area contributed by atoms with Crippen molar-refractivity contribution >= 4 is 22.3 Å². The van der Waals surface area contributed by atoms with Crippen LogP contribution >= 0.6 is 0 Å². The van der Waals surface area contributed by atoms with E-state index in [1.165, 1.54) is 11.1 Å². The second-order valence-electron chi connectivity index (χ2n) is 6.55. The molecule has 1 aromatic heterocycles. The summed E-state index contributed by atoms with van der Waals surface area (Å²) in [6.45, 7) is 6.58. The van der Waals surface area contributed by atoms with E-state index in [1.807, 2.05) is 18.3 Å². The Balaban J connectivity index is 2.19. The molecule has 0 aliphatic heterocycles. The van der Waals surface area contributed by atoms with E-state index in [9.17, 15) is 0 Å². The first-order valence-electron chi connectivity index (χ1n) is 8.37. The number of methoxy groups -OCH3 is 1. The number of aryl methyl sites for hydroxylation is 1. The van der Waals surface area contributed by atoms with Crippen molar-refractivity contribution in [2.24, 2.45) is 5.92 Å². The molecule has 0 saturated carbocycles. The van der Waals surface area contributed by atoms with Gasteiger partial charge in [-0.15, -0.1) is 0 Å². The zero-order valence-corrected chi connectivity index (χ0v) is 14.8. The van der Waals surface area contributed by atoms with E-state index in [2.05, 4.69) is 61.4 Å². The van der Waals surface area contributed by atoms with Gasteiger partial charge in [-0.25, -0.2) is 0 Å². The predicted molar refractivity (Wildman–Crippen MR) is 101 cm³/mol. The number of hydrogen-bond donors (Lipinski definition) is 1. The van der Waals surface area contributed by atoms with Gasteiger partial charge in [0.2, 0.25) is 0 Å². The molecule has 0 fully saturated rings. The molecule has 0 aliphatic rings. The van der Waals surface area contributed by atoms with Crippen molar-refractivity contribution in [1.29, 1.82) is 0 Å². The molecule has 24 heavy (non-hydrogen) atoms. The summed E-state index contributed by atoms with van der Waals surface area (Å²) in [5, 5.41) is 4.74. The summed E-state index contributed by atoms with van der Waals surface area (Å²) >= 11 is 0. The Morgan fingerprint density at radius 3 is 2.58 bits per heavy atom. The number of nitrogens with zero attached hydrogens (tertiary/aromatic N) is 1. The van der Waals surface area contributed by atoms with E-state index in [1.54, 1.807) is 7.11 Å². The van der Waals surface area contributed by atoms with Gasteiger partial charge in [0.15, 0.2) is 0 Å². The monoisotopic (exact) mass is 320 g/mol. The van der Waals surface area contributed by atoms with Crippen LogP contribution in [0.1, 0.15) is 25.0 Å². The highest BCUT2D eigenvalue weighted by Crippen LogP contribution is 2.35. The third kappa shape index (κ3) is 3.21. The molecule has 3 heteroatoms. The van der Waals surface area contributed by atoms with Crippen molar-refractivity contribution in [1.82, 2.24) is 4.98 Å². The lowest BCUT2D eigenvalue weighted by Crippen LogP contribution is -2.03. The minimum absolute atomic E-state index is 0.562. The summed E-state index contributed by atoms with van der Waals surface area (Å²) in [7, 11) is 1.69. The Morgan fingerprint density at radius 2 is 1.88 bits per heavy atom. The minimum Gasteiger partial charge on any atom is -0.494 e. The molecule has 3 aromatic rings. The molecule has 0 aliphatic carbocycles. The predicted octanol–water partition coefficient (Wildman–Crippen LogP) is 5.49. The number of ether oxygens (including phenoxy) is 1. The van der Waals surface area contributed by atoms with E-state index >= 15 is 0 Å². The molecule has 3 nitrogen and oxygen atoms in total. The first-order chi connectivity index (χ1) is 11.6. The van der Waals surface area contributed by atoms with Crippen LogP contribution < -0.4 is 10.1 Å². The summed E-state index contributed by atoms with van der Waals surface area (Å²) in [5.74, 6) is 1.36. The van der Waals surface area contributed by atoms with Gasteiger partial charge in [-0.1, -0.05) is 44.2 Å². The van der Waals surface area contributed by atoms with E-state index in [0.29, 0.717) is 5.92 Å². The molecule has 0 atom stereocenters. The van der Waals surface area contributed by atoms with Gasteiger partial charge in [-0.05, 0) is 42.5 Å². The second-order valence-corrected chi connectivity index (χ2v) is 6.55. The number of hydrogen-bond acceptors (Lipinski definition) is 3. The molecule has 0 saturated heterocycles. The van der Waals surface area contributed by atoms with E-state index in [0.717, 1.165) is 34.4 Å². The van der Waals surface area contributed by atoms with Crippen molar-refractivity contribution in [3.63, 3.8) is 0 Å². The average Bonchev–Trinajstić information content (AvgIpc) is 2.57. The van der Waals surface area contributed by atoms with Crippen molar-refractivity contribution in [2.75, 3.05) is 12.4 Å². The minimum atomic E-state index is 0.562. The normalized spacial score (nSPS) is 11.0. The van der Waals surface area contributed by atoms with Crippen LogP contribution in [-0.4, -0.2) is 12.1 Å². The van der Waals surface area contributed by atoms with E-state index in [4.69, 9.17) is 4.74 Å². The van der Waals surface area contributed by atoms with Crippen LogP contribution in [0.3, 0.4) is 0 Å². The maximum Gasteiger partial charge on any atom is 0.145 e. The largest absolute Gasteiger partial charge is 0.494 e. The molecule has 0 radical (unpaired) electrons. The molecule has 0 unspecified atom stereocenters. The molecule has 1 heterocycles. The molecule has 0 spiro atoms. The fourth-order valence-electron chi connectivity index (χ4n) is 2.99. The van der Waals surface area contributed by atoms with Gasteiger partial charge in [0, 0.05) is 17.3 Å². The number of anilines is 2. The Bertz CT molecular complexity index is 856. The summed E-state index contributed by atoms with van der Waals surface area (Å²) in [4.78, 5) is 4.66. The molecular weight excluding hydrogens is 296 g/mol. The quantitative estimate of drug-likeness (QED) is 0.674. The lowest BCUT2D eigenvalue weighted by Gasteiger charge is -2.18. The lowest BCUT2D eigenvalue weighted by atomic mass is 9.99. The Labute approximate surface area is 143 Å². The topological polar surface area (TPSA) is 34.1 Å². The van der Waals surface area contributed by atoms with Crippen molar-refractivity contribution in [2.45, 2.75) is 27.2 Å². The standard InChI is InChI=1S/C21H24N2O/c1-14(2)12-16-13-22-21-17(9-7-11-19(21)24-4)20(16)23-18-10-6-5-8-15(18)3/h5-11,13-14H,12H2,1-4H3,(H,22,23). The average molecular weight is 320 g/mol. The Kier molecular flexibility index (Phi) is 4.70. The van der Waals surface area contributed by atoms with Crippen LogP contribution in [0.5, 0.6) is 5.75 Å². The van der Waals surface area contributed by atoms with Crippen LogP contribution in [0.15, 0.2) is 48.7 Å². The number of nitrogens with one attached hydrogen (secondary N) is 1. The number of fused-ring (bicyclic) bond motifs is 1. The van der Waals surface area contributed by atoms with Crippen molar-refractivity contribution in [3.05, 3.63) is 59.8 Å². The number of pyridine rings is 1. The van der Waals surface area contributed by atoms with Crippen LogP contribution in [0.25, 0.3) is 10.9 Å². The highest BCUT2D eigenvalue weighted by atomic mass is 16.5. The molecule has 124 valence electrons. The Morgan fingerprint density at radius 1 is 1.08 bits per heavy atom. The zero-order chi connectivity index (χ0) is 17.1. The molecule has 2 aromatic carbocycles. The molecule has 0 amide bonds. The molecular formula is C21H24N2O. The van der Waals surface area contributed by atoms with Gasteiger partial charge in [0.1, 0.15) is 11.3 Å². The number of benzene rings is 2. The van der Waals surface area contributed by atoms with Crippen LogP contribution in [0, 0.1) is 12.8 Å². The first-order valence-corrected chi connectivity index (χ1v) is 8.37. The number of rotatable bonds is 5. The number of para-hydroxylation sites is 2. The maximum absolute atomic E-state index is 5.49. The SMILES string of the molecule is COc1cccc2c(Nc3ccccc3C)c(CC(C)C)cnc12. The van der Waals surface area contributed by atoms with Gasteiger partial charge >= 0.3 is 0 Å². The third-order valence-electron chi connectivity index (χ3n) is 4.19. The second kappa shape index (κ2) is 6.91. The zero-order valence-electron chi connectivity index (χ0n) is 14.8. The maximum atomic E-state index is 5.49. The van der Waals surface area contributed by atoms with Crippen molar-refractivity contribution < 1.29 is 4.74 Å². The van der Waals surface area contributed by atoms with E-state index in [-0.39, 0.29) is 0 Å². The number of aromatic nitrogens is 1. The van der Waals surface area contributed by atoms with Crippen LogP contribution in [0.2, 0.25) is 0 Å². The van der Waals surface area contributed by atoms with Crippen LogP contribution in [0.4, 0.5) is 11.4 Å². The van der Waals surface area contributed by atoms with Crippen LogP contribution in [-0.2, 0) is 6.42 Å². The summed E-state index contributed by atoms with van der Waals surface area (Å²) in [5.41, 5.74) is 5.60. The summed E-state index contributed by atoms with van der Waals surface area (Å²) in [6.07, 6.45) is 2.96.